The van der Waals surface area contributed by atoms with E-state index in [0.29, 0.717) is 13.0 Å². The number of rotatable bonds is 3. The minimum atomic E-state index is -0.330. The van der Waals surface area contributed by atoms with E-state index in [4.69, 9.17) is 0 Å². The summed E-state index contributed by atoms with van der Waals surface area (Å²) in [7, 11) is 0. The Labute approximate surface area is 95.3 Å². The van der Waals surface area contributed by atoms with Gasteiger partial charge in [-0.3, -0.25) is 4.79 Å². The molecule has 0 saturated carbocycles. The Bertz CT molecular complexity index is 335. The van der Waals surface area contributed by atoms with Crippen LogP contribution in [0.5, 0.6) is 0 Å². The van der Waals surface area contributed by atoms with Crippen LogP contribution in [-0.4, -0.2) is 40.1 Å². The first-order chi connectivity index (χ1) is 7.75. The van der Waals surface area contributed by atoms with E-state index in [-0.39, 0.29) is 12.0 Å². The van der Waals surface area contributed by atoms with E-state index in [0.717, 1.165) is 31.5 Å². The second kappa shape index (κ2) is 5.16. The van der Waals surface area contributed by atoms with Crippen LogP contribution in [0.2, 0.25) is 0 Å². The molecular formula is C12H18N2O2. The molecule has 0 aromatic carbocycles. The smallest absolute Gasteiger partial charge is 0.223 e. The molecule has 1 saturated heterocycles. The van der Waals surface area contributed by atoms with E-state index in [9.17, 15) is 9.90 Å². The van der Waals surface area contributed by atoms with E-state index in [1.165, 1.54) is 0 Å². The average molecular weight is 222 g/mol. The van der Waals surface area contributed by atoms with Crippen molar-refractivity contribution in [2.45, 2.75) is 31.8 Å². The maximum absolute atomic E-state index is 11.8. The highest BCUT2D eigenvalue weighted by Crippen LogP contribution is 2.11. The minimum Gasteiger partial charge on any atom is -0.391 e. The van der Waals surface area contributed by atoms with Crippen LogP contribution in [0.3, 0.4) is 0 Å². The van der Waals surface area contributed by atoms with Gasteiger partial charge in [-0.15, -0.1) is 0 Å². The van der Waals surface area contributed by atoms with Gasteiger partial charge < -0.3 is 15.0 Å². The topological polar surface area (TPSA) is 56.3 Å². The summed E-state index contributed by atoms with van der Waals surface area (Å²) in [5.74, 6) is 0.147. The van der Waals surface area contributed by atoms with Crippen LogP contribution in [-0.2, 0) is 11.2 Å². The van der Waals surface area contributed by atoms with Crippen molar-refractivity contribution < 1.29 is 9.90 Å². The zero-order chi connectivity index (χ0) is 11.4. The number of carbonyl (C=O) groups excluding carboxylic acids is 1. The highest BCUT2D eigenvalue weighted by molar-refractivity contribution is 5.76. The summed E-state index contributed by atoms with van der Waals surface area (Å²) in [4.78, 5) is 16.7. The molecule has 4 heteroatoms. The number of aliphatic hydroxyl groups excluding tert-OH is 1. The van der Waals surface area contributed by atoms with E-state index in [1.54, 1.807) is 4.90 Å². The maximum atomic E-state index is 11.8. The van der Waals surface area contributed by atoms with Gasteiger partial charge in [-0.05, 0) is 31.4 Å². The average Bonchev–Trinajstić information content (AvgIpc) is 2.78. The number of piperidine rings is 1. The largest absolute Gasteiger partial charge is 0.391 e. The van der Waals surface area contributed by atoms with Crippen LogP contribution in [0.15, 0.2) is 18.3 Å². The van der Waals surface area contributed by atoms with Crippen LogP contribution >= 0.6 is 0 Å². The summed E-state index contributed by atoms with van der Waals surface area (Å²) >= 11 is 0. The first kappa shape index (κ1) is 11.2. The summed E-state index contributed by atoms with van der Waals surface area (Å²) in [5, 5.41) is 9.48. The number of hydrogen-bond acceptors (Lipinski definition) is 2. The zero-order valence-electron chi connectivity index (χ0n) is 9.35. The number of aromatic nitrogens is 1. The molecule has 0 spiro atoms. The lowest BCUT2D eigenvalue weighted by Gasteiger charge is -2.30. The number of aliphatic hydroxyl groups is 1. The lowest BCUT2D eigenvalue weighted by atomic mass is 10.1. The van der Waals surface area contributed by atoms with E-state index in [2.05, 4.69) is 4.98 Å². The van der Waals surface area contributed by atoms with Gasteiger partial charge in [0, 0.05) is 31.4 Å². The van der Waals surface area contributed by atoms with Crippen molar-refractivity contribution in [1.29, 1.82) is 0 Å². The molecule has 4 nitrogen and oxygen atoms in total. The quantitative estimate of drug-likeness (QED) is 0.799. The van der Waals surface area contributed by atoms with Crippen molar-refractivity contribution in [3.63, 3.8) is 0 Å². The van der Waals surface area contributed by atoms with E-state index >= 15 is 0 Å². The number of nitrogens with one attached hydrogen (secondary N) is 1. The number of β-amino-alcohol motifs (C(OH)–C–C–N with tert-alkyl or cyclic N) is 1. The molecule has 0 bridgehead atoms. The van der Waals surface area contributed by atoms with Crippen molar-refractivity contribution in [3.05, 3.63) is 24.0 Å². The number of carbonyl (C=O) groups is 1. The third kappa shape index (κ3) is 2.85. The first-order valence-electron chi connectivity index (χ1n) is 5.84. The van der Waals surface area contributed by atoms with E-state index < -0.39 is 0 Å². The first-order valence-corrected chi connectivity index (χ1v) is 5.84. The normalized spacial score (nSPS) is 21.1. The second-order valence-electron chi connectivity index (χ2n) is 4.33. The number of H-pyrrole nitrogens is 1. The van der Waals surface area contributed by atoms with Gasteiger partial charge >= 0.3 is 0 Å². The molecule has 1 aliphatic heterocycles. The predicted octanol–water partition coefficient (Wildman–Crippen LogP) is 0.931. The number of likely N-dealkylation sites (tertiary alicyclic amines) is 1. The predicted molar refractivity (Wildman–Crippen MR) is 60.9 cm³/mol. The third-order valence-electron chi connectivity index (χ3n) is 3.02. The summed E-state index contributed by atoms with van der Waals surface area (Å²) in [5.41, 5.74) is 1.09. The number of aromatic amines is 1. The summed E-state index contributed by atoms with van der Waals surface area (Å²) < 4.78 is 0. The molecule has 1 aromatic heterocycles. The maximum Gasteiger partial charge on any atom is 0.223 e. The molecule has 0 radical (unpaired) electrons. The molecule has 2 rings (SSSR count). The van der Waals surface area contributed by atoms with Gasteiger partial charge in [-0.2, -0.15) is 0 Å². The lowest BCUT2D eigenvalue weighted by Crippen LogP contribution is -2.42. The Morgan fingerprint density at radius 1 is 1.62 bits per heavy atom. The van der Waals surface area contributed by atoms with Gasteiger partial charge in [0.1, 0.15) is 0 Å². The van der Waals surface area contributed by atoms with Crippen molar-refractivity contribution in [1.82, 2.24) is 9.88 Å². The van der Waals surface area contributed by atoms with E-state index in [1.807, 2.05) is 18.3 Å². The molecule has 1 aromatic rings. The number of nitrogens with zero attached hydrogens (tertiary/aromatic N) is 1. The molecule has 1 atom stereocenters. The van der Waals surface area contributed by atoms with Gasteiger partial charge in [-0.25, -0.2) is 0 Å². The molecule has 1 amide bonds. The van der Waals surface area contributed by atoms with Gasteiger partial charge in [0.25, 0.3) is 0 Å². The number of hydrogen-bond donors (Lipinski definition) is 2. The minimum absolute atomic E-state index is 0.147. The fraction of sp³-hybridized carbons (Fsp3) is 0.583. The molecule has 1 fully saturated rings. The Hall–Kier alpha value is -1.29. The Morgan fingerprint density at radius 2 is 2.50 bits per heavy atom. The SMILES string of the molecule is O=C(CCc1ccc[nH]1)N1CCCC(O)C1. The fourth-order valence-electron chi connectivity index (χ4n) is 2.10. The van der Waals surface area contributed by atoms with Crippen molar-refractivity contribution in [3.8, 4) is 0 Å². The monoisotopic (exact) mass is 222 g/mol. The lowest BCUT2D eigenvalue weighted by molar-refractivity contribution is -0.134. The second-order valence-corrected chi connectivity index (χ2v) is 4.33. The number of aryl methyl sites for hydroxylation is 1. The van der Waals surface area contributed by atoms with Crippen LogP contribution < -0.4 is 0 Å². The van der Waals surface area contributed by atoms with Crippen LogP contribution in [0, 0.1) is 0 Å². The molecule has 16 heavy (non-hydrogen) atoms. The third-order valence-corrected chi connectivity index (χ3v) is 3.02. The Kier molecular flexibility index (Phi) is 3.62. The molecule has 1 unspecified atom stereocenters. The summed E-state index contributed by atoms with van der Waals surface area (Å²) in [6, 6.07) is 3.92. The fourth-order valence-corrected chi connectivity index (χ4v) is 2.10. The highest BCUT2D eigenvalue weighted by atomic mass is 16.3. The van der Waals surface area contributed by atoms with Crippen molar-refractivity contribution in [2.24, 2.45) is 0 Å². The summed E-state index contributed by atoms with van der Waals surface area (Å²) in [6.07, 6.45) is 4.54. The van der Waals surface area contributed by atoms with Crippen molar-refractivity contribution in [2.75, 3.05) is 13.1 Å². The van der Waals surface area contributed by atoms with Crippen LogP contribution in [0.25, 0.3) is 0 Å². The van der Waals surface area contributed by atoms with Crippen molar-refractivity contribution >= 4 is 5.91 Å². The standard InChI is InChI=1S/C12H18N2O2/c15-11-4-2-8-14(9-11)12(16)6-5-10-3-1-7-13-10/h1,3,7,11,13,15H,2,4-6,8-9H2. The highest BCUT2D eigenvalue weighted by Gasteiger charge is 2.21. The van der Waals surface area contributed by atoms with Gasteiger partial charge in [0.05, 0.1) is 6.10 Å². The van der Waals surface area contributed by atoms with Gasteiger partial charge in [0.2, 0.25) is 5.91 Å². The molecular weight excluding hydrogens is 204 g/mol. The number of amides is 1. The molecule has 2 heterocycles. The summed E-state index contributed by atoms with van der Waals surface area (Å²) in [6.45, 7) is 1.30. The molecule has 0 aliphatic carbocycles. The Morgan fingerprint density at radius 3 is 3.19 bits per heavy atom. The molecule has 2 N–H and O–H groups in total. The Balaban J connectivity index is 1.79. The van der Waals surface area contributed by atoms with Gasteiger partial charge in [-0.1, -0.05) is 0 Å². The van der Waals surface area contributed by atoms with Crippen LogP contribution in [0.4, 0.5) is 0 Å². The van der Waals surface area contributed by atoms with Crippen LogP contribution in [0.1, 0.15) is 25.0 Å². The molecule has 1 aliphatic rings. The zero-order valence-corrected chi connectivity index (χ0v) is 9.35. The molecule has 88 valence electrons. The van der Waals surface area contributed by atoms with Gasteiger partial charge in [0.15, 0.2) is 0 Å².